The van der Waals surface area contributed by atoms with Crippen molar-refractivity contribution >= 4 is 11.7 Å². The van der Waals surface area contributed by atoms with Gasteiger partial charge in [-0.15, -0.1) is 0 Å². The lowest BCUT2D eigenvalue weighted by Crippen LogP contribution is -2.55. The van der Waals surface area contributed by atoms with Crippen molar-refractivity contribution in [2.75, 3.05) is 57.9 Å². The minimum atomic E-state index is -0.323. The number of piperidine rings is 1. The van der Waals surface area contributed by atoms with Crippen LogP contribution in [0.25, 0.3) is 0 Å². The number of para-hydroxylation sites is 2. The first-order valence-corrected chi connectivity index (χ1v) is 11.2. The highest BCUT2D eigenvalue weighted by atomic mass is 16.5. The molecule has 0 aliphatic carbocycles. The Kier molecular flexibility index (Phi) is 7.09. The number of nitrogens with one attached hydrogen (secondary N) is 1. The van der Waals surface area contributed by atoms with E-state index in [0.29, 0.717) is 18.3 Å². The summed E-state index contributed by atoms with van der Waals surface area (Å²) in [5.74, 6) is 0.619. The number of anilines is 1. The summed E-state index contributed by atoms with van der Waals surface area (Å²) in [4.78, 5) is 19.6. The molecule has 168 valence electrons. The highest BCUT2D eigenvalue weighted by molar-refractivity contribution is 5.88. The van der Waals surface area contributed by atoms with Crippen molar-refractivity contribution in [2.24, 2.45) is 0 Å². The molecular weight excluding hydrogens is 394 g/mol. The summed E-state index contributed by atoms with van der Waals surface area (Å²) in [5.41, 5.74) is 2.58. The Balaban J connectivity index is 1.33. The normalized spacial score (nSPS) is 20.6. The van der Waals surface area contributed by atoms with E-state index in [2.05, 4.69) is 37.0 Å². The Morgan fingerprint density at radius 3 is 2.77 bits per heavy atom. The van der Waals surface area contributed by atoms with Gasteiger partial charge in [0.05, 0.1) is 25.6 Å². The van der Waals surface area contributed by atoms with Gasteiger partial charge in [-0.1, -0.05) is 12.1 Å². The molecule has 1 atom stereocenters. The molecule has 2 aromatic rings. The molecule has 0 unspecified atom stereocenters. The van der Waals surface area contributed by atoms with Crippen molar-refractivity contribution in [2.45, 2.75) is 32.4 Å². The van der Waals surface area contributed by atoms with Crippen LogP contribution in [0.2, 0.25) is 0 Å². The average Bonchev–Trinajstić information content (AvgIpc) is 3.28. The molecule has 0 saturated carbocycles. The molecule has 3 heterocycles. The highest BCUT2D eigenvalue weighted by Crippen LogP contribution is 2.29. The molecule has 0 spiro atoms. The molecule has 1 aromatic carbocycles. The number of benzene rings is 1. The van der Waals surface area contributed by atoms with Crippen LogP contribution in [0.5, 0.6) is 5.75 Å². The van der Waals surface area contributed by atoms with Gasteiger partial charge in [0, 0.05) is 50.9 Å². The molecule has 1 N–H and O–H groups in total. The molecule has 2 fully saturated rings. The summed E-state index contributed by atoms with van der Waals surface area (Å²) in [6.45, 7) is 9.08. The van der Waals surface area contributed by atoms with E-state index in [9.17, 15) is 4.79 Å². The van der Waals surface area contributed by atoms with Crippen LogP contribution in [0.4, 0.5) is 5.69 Å². The molecule has 0 radical (unpaired) electrons. The highest BCUT2D eigenvalue weighted by Gasteiger charge is 2.29. The summed E-state index contributed by atoms with van der Waals surface area (Å²) >= 11 is 0. The molecule has 8 nitrogen and oxygen atoms in total. The van der Waals surface area contributed by atoms with Gasteiger partial charge in [-0.2, -0.15) is 5.10 Å². The van der Waals surface area contributed by atoms with Crippen LogP contribution < -0.4 is 9.64 Å². The lowest BCUT2D eigenvalue weighted by molar-refractivity contribution is 0.0514. The number of carbonyl (C=O) groups excluding carboxylic acids is 1. The number of aromatic amines is 1. The molecule has 2 aliphatic heterocycles. The molecule has 0 bridgehead atoms. The molecule has 4 rings (SSSR count). The van der Waals surface area contributed by atoms with E-state index in [4.69, 9.17) is 9.47 Å². The van der Waals surface area contributed by atoms with E-state index in [0.717, 1.165) is 57.1 Å². The number of ether oxygens (including phenoxy) is 2. The zero-order valence-electron chi connectivity index (χ0n) is 18.5. The second-order valence-corrected chi connectivity index (χ2v) is 8.22. The molecular formula is C23H33N5O3. The molecule has 2 saturated heterocycles. The van der Waals surface area contributed by atoms with Crippen LogP contribution in [-0.4, -0.2) is 85.0 Å². The van der Waals surface area contributed by atoms with Gasteiger partial charge in [-0.25, -0.2) is 4.79 Å². The van der Waals surface area contributed by atoms with Gasteiger partial charge in [-0.3, -0.25) is 14.9 Å². The predicted octanol–water partition coefficient (Wildman–Crippen LogP) is 2.38. The number of hydrogen-bond acceptors (Lipinski definition) is 7. The maximum Gasteiger partial charge on any atom is 0.356 e. The minimum Gasteiger partial charge on any atom is -0.495 e. The number of methoxy groups -OCH3 is 1. The quantitative estimate of drug-likeness (QED) is 0.680. The van der Waals surface area contributed by atoms with Gasteiger partial charge in [0.2, 0.25) is 0 Å². The average molecular weight is 428 g/mol. The Morgan fingerprint density at radius 2 is 2.00 bits per heavy atom. The van der Waals surface area contributed by atoms with Crippen LogP contribution in [0.1, 0.15) is 35.8 Å². The van der Waals surface area contributed by atoms with Crippen molar-refractivity contribution < 1.29 is 14.3 Å². The molecule has 31 heavy (non-hydrogen) atoms. The summed E-state index contributed by atoms with van der Waals surface area (Å²) < 4.78 is 10.7. The molecule has 1 aromatic heterocycles. The number of hydrogen-bond donors (Lipinski definition) is 1. The van der Waals surface area contributed by atoms with Gasteiger partial charge in [-0.05, 0) is 38.4 Å². The summed E-state index contributed by atoms with van der Waals surface area (Å²) in [5, 5.41) is 6.88. The number of likely N-dealkylation sites (tertiary alicyclic amines) is 1. The van der Waals surface area contributed by atoms with Crippen LogP contribution >= 0.6 is 0 Å². The van der Waals surface area contributed by atoms with Gasteiger partial charge in [0.1, 0.15) is 11.4 Å². The van der Waals surface area contributed by atoms with E-state index < -0.39 is 0 Å². The van der Waals surface area contributed by atoms with Crippen LogP contribution in [0.3, 0.4) is 0 Å². The van der Waals surface area contributed by atoms with Gasteiger partial charge in [0.15, 0.2) is 0 Å². The second-order valence-electron chi connectivity index (χ2n) is 8.22. The zero-order valence-corrected chi connectivity index (χ0v) is 18.5. The number of piperazine rings is 1. The fraction of sp³-hybridized carbons (Fsp3) is 0.565. The van der Waals surface area contributed by atoms with E-state index in [1.807, 2.05) is 19.1 Å². The maximum atomic E-state index is 12.1. The number of carbonyl (C=O) groups is 1. The Morgan fingerprint density at radius 1 is 1.19 bits per heavy atom. The van der Waals surface area contributed by atoms with Crippen LogP contribution in [-0.2, 0) is 11.3 Å². The Bertz CT molecular complexity index is 862. The van der Waals surface area contributed by atoms with Crippen molar-refractivity contribution in [3.05, 3.63) is 41.7 Å². The third-order valence-corrected chi connectivity index (χ3v) is 6.33. The fourth-order valence-electron chi connectivity index (χ4n) is 4.74. The first-order valence-electron chi connectivity index (χ1n) is 11.2. The monoisotopic (exact) mass is 427 g/mol. The topological polar surface area (TPSA) is 73.9 Å². The SMILES string of the molecule is CCOC(=O)c1[nH]ncc1CN1CCC[C@H](N2CCN(c3ccccc3OC)CC2)C1. The van der Waals surface area contributed by atoms with Gasteiger partial charge < -0.3 is 14.4 Å². The van der Waals surface area contributed by atoms with Gasteiger partial charge in [0.25, 0.3) is 0 Å². The summed E-state index contributed by atoms with van der Waals surface area (Å²) in [7, 11) is 1.74. The van der Waals surface area contributed by atoms with Gasteiger partial charge >= 0.3 is 5.97 Å². The van der Waals surface area contributed by atoms with Crippen molar-refractivity contribution in [1.29, 1.82) is 0 Å². The first kappa shape index (κ1) is 21.6. The number of rotatable bonds is 7. The van der Waals surface area contributed by atoms with E-state index >= 15 is 0 Å². The number of nitrogens with zero attached hydrogens (tertiary/aromatic N) is 4. The van der Waals surface area contributed by atoms with E-state index in [1.54, 1.807) is 13.3 Å². The van der Waals surface area contributed by atoms with Crippen molar-refractivity contribution in [3.63, 3.8) is 0 Å². The minimum absolute atomic E-state index is 0.323. The Hall–Kier alpha value is -2.58. The number of esters is 1. The first-order chi connectivity index (χ1) is 15.2. The third kappa shape index (κ3) is 5.02. The molecule has 2 aliphatic rings. The predicted molar refractivity (Wildman–Crippen MR) is 120 cm³/mol. The zero-order chi connectivity index (χ0) is 21.6. The van der Waals surface area contributed by atoms with Crippen LogP contribution in [0.15, 0.2) is 30.5 Å². The van der Waals surface area contributed by atoms with E-state index in [-0.39, 0.29) is 5.97 Å². The van der Waals surface area contributed by atoms with Crippen LogP contribution in [0, 0.1) is 0 Å². The lowest BCUT2D eigenvalue weighted by Gasteiger charge is -2.44. The second kappa shape index (κ2) is 10.2. The lowest BCUT2D eigenvalue weighted by atomic mass is 10.0. The third-order valence-electron chi connectivity index (χ3n) is 6.33. The summed E-state index contributed by atoms with van der Waals surface area (Å²) in [6, 6.07) is 8.81. The molecule has 8 heteroatoms. The van der Waals surface area contributed by atoms with Crippen molar-refractivity contribution in [1.82, 2.24) is 20.0 Å². The van der Waals surface area contributed by atoms with Crippen molar-refractivity contribution in [3.8, 4) is 5.75 Å². The summed E-state index contributed by atoms with van der Waals surface area (Å²) in [6.07, 6.45) is 4.15. The molecule has 0 amide bonds. The maximum absolute atomic E-state index is 12.1. The Labute approximate surface area is 184 Å². The smallest absolute Gasteiger partial charge is 0.356 e. The largest absolute Gasteiger partial charge is 0.495 e. The standard InChI is InChI=1S/C23H33N5O3/c1-3-31-23(29)22-18(15-24-25-22)16-26-10-6-7-19(17-26)27-11-13-28(14-12-27)20-8-4-5-9-21(20)30-2/h4-5,8-9,15,19H,3,6-7,10-14,16-17H2,1-2H3,(H,24,25)/t19-/m0/s1. The fourth-order valence-corrected chi connectivity index (χ4v) is 4.74. The number of H-pyrrole nitrogens is 1. The number of aromatic nitrogens is 2. The van der Waals surface area contributed by atoms with E-state index in [1.165, 1.54) is 18.5 Å².